The number of carbonyl (C=O) groups excluding carboxylic acids is 1. The van der Waals surface area contributed by atoms with E-state index in [0.29, 0.717) is 5.56 Å². The van der Waals surface area contributed by atoms with Gasteiger partial charge in [0.15, 0.2) is 6.10 Å². The van der Waals surface area contributed by atoms with E-state index >= 15 is 0 Å². The van der Waals surface area contributed by atoms with E-state index in [1.165, 1.54) is 6.07 Å². The number of ether oxygens (including phenoxy) is 2. The average molecular weight is 336 g/mol. The van der Waals surface area contributed by atoms with Crippen LogP contribution in [0.4, 0.5) is 13.2 Å². The molecular formula is C14H15F3O6. The Bertz CT molecular complexity index is 570. The lowest BCUT2D eigenvalue weighted by Crippen LogP contribution is -2.20. The Morgan fingerprint density at radius 2 is 1.96 bits per heavy atom. The van der Waals surface area contributed by atoms with E-state index in [4.69, 9.17) is 9.84 Å². The van der Waals surface area contributed by atoms with Gasteiger partial charge in [0.05, 0.1) is 6.61 Å². The molecule has 0 aliphatic heterocycles. The van der Waals surface area contributed by atoms with Gasteiger partial charge >= 0.3 is 18.3 Å². The molecule has 23 heavy (non-hydrogen) atoms. The highest BCUT2D eigenvalue weighted by Gasteiger charge is 2.34. The van der Waals surface area contributed by atoms with Crippen molar-refractivity contribution in [2.45, 2.75) is 32.2 Å². The van der Waals surface area contributed by atoms with Crippen LogP contribution in [0.1, 0.15) is 30.6 Å². The predicted molar refractivity (Wildman–Crippen MR) is 70.7 cm³/mol. The number of aryl methyl sites for hydroxylation is 1. The molecule has 0 spiro atoms. The maximum atomic E-state index is 12.3. The van der Waals surface area contributed by atoms with E-state index in [2.05, 4.69) is 4.74 Å². The largest absolute Gasteiger partial charge is 0.573 e. The zero-order chi connectivity index (χ0) is 17.6. The SMILES string of the molecule is CCOC(=O)CCc1ccc(OC(F)(F)F)c(C(O)C(=O)O)c1. The number of alkyl halides is 3. The molecule has 0 fully saturated rings. The molecule has 0 aromatic heterocycles. The van der Waals surface area contributed by atoms with E-state index in [0.717, 1.165) is 12.1 Å². The van der Waals surface area contributed by atoms with Gasteiger partial charge in [0, 0.05) is 12.0 Å². The Morgan fingerprint density at radius 3 is 2.48 bits per heavy atom. The molecule has 0 aliphatic carbocycles. The number of carboxylic acids is 1. The number of aliphatic carboxylic acids is 1. The zero-order valence-corrected chi connectivity index (χ0v) is 12.1. The molecule has 0 amide bonds. The van der Waals surface area contributed by atoms with Crippen molar-refractivity contribution in [1.82, 2.24) is 0 Å². The number of esters is 1. The number of carbonyl (C=O) groups is 2. The fraction of sp³-hybridized carbons (Fsp3) is 0.429. The van der Waals surface area contributed by atoms with Gasteiger partial charge in [0.25, 0.3) is 0 Å². The summed E-state index contributed by atoms with van der Waals surface area (Å²) in [6.45, 7) is 1.82. The van der Waals surface area contributed by atoms with E-state index in [-0.39, 0.29) is 19.4 Å². The molecule has 0 saturated carbocycles. The second kappa shape index (κ2) is 7.82. The number of halogens is 3. The minimum atomic E-state index is -5.03. The van der Waals surface area contributed by atoms with Crippen molar-refractivity contribution in [2.75, 3.05) is 6.61 Å². The van der Waals surface area contributed by atoms with Crippen molar-refractivity contribution in [2.24, 2.45) is 0 Å². The summed E-state index contributed by atoms with van der Waals surface area (Å²) in [5.41, 5.74) is -0.181. The van der Waals surface area contributed by atoms with Gasteiger partial charge in [-0.2, -0.15) is 0 Å². The molecule has 0 aliphatic rings. The Balaban J connectivity index is 3.02. The topological polar surface area (TPSA) is 93.1 Å². The van der Waals surface area contributed by atoms with Crippen LogP contribution in [0, 0.1) is 0 Å². The molecule has 1 aromatic carbocycles. The van der Waals surface area contributed by atoms with Gasteiger partial charge in [0.1, 0.15) is 5.75 Å². The number of aliphatic hydroxyl groups is 1. The minimum absolute atomic E-state index is 0.0318. The monoisotopic (exact) mass is 336 g/mol. The van der Waals surface area contributed by atoms with Gasteiger partial charge in [-0.05, 0) is 31.0 Å². The van der Waals surface area contributed by atoms with Gasteiger partial charge in [-0.1, -0.05) is 6.07 Å². The Labute approximate surface area is 129 Å². The van der Waals surface area contributed by atoms with Crippen LogP contribution >= 0.6 is 0 Å². The van der Waals surface area contributed by atoms with Gasteiger partial charge in [-0.15, -0.1) is 13.2 Å². The lowest BCUT2D eigenvalue weighted by molar-refractivity contribution is -0.275. The highest BCUT2D eigenvalue weighted by Crippen LogP contribution is 2.31. The van der Waals surface area contributed by atoms with E-state index in [9.17, 15) is 27.9 Å². The highest BCUT2D eigenvalue weighted by atomic mass is 19.4. The minimum Gasteiger partial charge on any atom is -0.479 e. The molecule has 0 bridgehead atoms. The molecule has 1 atom stereocenters. The first-order chi connectivity index (χ1) is 10.6. The highest BCUT2D eigenvalue weighted by molar-refractivity contribution is 5.75. The summed E-state index contributed by atoms with van der Waals surface area (Å²) in [4.78, 5) is 22.1. The number of hydrogen-bond donors (Lipinski definition) is 2. The summed E-state index contributed by atoms with van der Waals surface area (Å²) in [7, 11) is 0. The summed E-state index contributed by atoms with van der Waals surface area (Å²) >= 11 is 0. The van der Waals surface area contributed by atoms with Crippen LogP contribution in [0.25, 0.3) is 0 Å². The van der Waals surface area contributed by atoms with Crippen LogP contribution in [0.2, 0.25) is 0 Å². The van der Waals surface area contributed by atoms with E-state index in [1.807, 2.05) is 0 Å². The van der Waals surface area contributed by atoms with Crippen LogP contribution in [-0.4, -0.2) is 35.1 Å². The second-order valence-corrected chi connectivity index (χ2v) is 4.47. The normalized spacial score (nSPS) is 12.6. The van der Waals surface area contributed by atoms with Gasteiger partial charge in [-0.3, -0.25) is 4.79 Å². The van der Waals surface area contributed by atoms with Crippen molar-refractivity contribution >= 4 is 11.9 Å². The van der Waals surface area contributed by atoms with Crippen molar-refractivity contribution in [1.29, 1.82) is 0 Å². The van der Waals surface area contributed by atoms with Crippen molar-refractivity contribution in [3.8, 4) is 5.75 Å². The van der Waals surface area contributed by atoms with Gasteiger partial charge < -0.3 is 19.7 Å². The first-order valence-corrected chi connectivity index (χ1v) is 6.59. The average Bonchev–Trinajstić information content (AvgIpc) is 2.44. The standard InChI is InChI=1S/C14H15F3O6/c1-2-22-11(18)6-4-8-3-5-10(23-14(15,16)17)9(7-8)12(19)13(20)21/h3,5,7,12,19H,2,4,6H2,1H3,(H,20,21). The molecule has 0 saturated heterocycles. The van der Waals surface area contributed by atoms with Gasteiger partial charge in [0.2, 0.25) is 0 Å². The molecule has 1 aromatic rings. The van der Waals surface area contributed by atoms with Crippen LogP contribution in [0.5, 0.6) is 5.75 Å². The third-order valence-electron chi connectivity index (χ3n) is 2.75. The Morgan fingerprint density at radius 1 is 1.30 bits per heavy atom. The predicted octanol–water partition coefficient (Wildman–Crippen LogP) is 2.20. The van der Waals surface area contributed by atoms with Crippen molar-refractivity contribution in [3.05, 3.63) is 29.3 Å². The number of carboxylic acid groups (broad SMARTS) is 1. The first kappa shape index (κ1) is 18.8. The van der Waals surface area contributed by atoms with Crippen LogP contribution in [-0.2, 0) is 20.7 Å². The second-order valence-electron chi connectivity index (χ2n) is 4.47. The number of aliphatic hydroxyl groups excluding tert-OH is 1. The lowest BCUT2D eigenvalue weighted by Gasteiger charge is -2.16. The zero-order valence-electron chi connectivity index (χ0n) is 12.1. The summed E-state index contributed by atoms with van der Waals surface area (Å²) in [5, 5.41) is 18.3. The molecule has 1 rings (SSSR count). The maximum Gasteiger partial charge on any atom is 0.573 e. The summed E-state index contributed by atoms with van der Waals surface area (Å²) in [6.07, 6.45) is -7.13. The molecule has 128 valence electrons. The summed E-state index contributed by atoms with van der Waals surface area (Å²) < 4.78 is 45.4. The van der Waals surface area contributed by atoms with E-state index in [1.54, 1.807) is 6.92 Å². The van der Waals surface area contributed by atoms with Crippen molar-refractivity contribution < 1.29 is 42.4 Å². The van der Waals surface area contributed by atoms with Crippen molar-refractivity contribution in [3.63, 3.8) is 0 Å². The maximum absolute atomic E-state index is 12.3. The van der Waals surface area contributed by atoms with E-state index < -0.39 is 35.7 Å². The van der Waals surface area contributed by atoms with Gasteiger partial charge in [-0.25, -0.2) is 4.79 Å². The molecule has 1 unspecified atom stereocenters. The summed E-state index contributed by atoms with van der Waals surface area (Å²) in [5.74, 6) is -3.03. The van der Waals surface area contributed by atoms with Crippen LogP contribution in [0.3, 0.4) is 0 Å². The van der Waals surface area contributed by atoms with Crippen LogP contribution < -0.4 is 4.74 Å². The number of rotatable bonds is 7. The lowest BCUT2D eigenvalue weighted by atomic mass is 10.0. The number of hydrogen-bond acceptors (Lipinski definition) is 5. The molecule has 2 N–H and O–H groups in total. The van der Waals surface area contributed by atoms with Crippen LogP contribution in [0.15, 0.2) is 18.2 Å². The fourth-order valence-corrected chi connectivity index (χ4v) is 1.80. The summed E-state index contributed by atoms with van der Waals surface area (Å²) in [6, 6.07) is 3.20. The number of benzene rings is 1. The molecule has 9 heteroatoms. The molecule has 6 nitrogen and oxygen atoms in total. The Kier molecular flexibility index (Phi) is 6.38. The molecule has 0 radical (unpaired) electrons. The fourth-order valence-electron chi connectivity index (χ4n) is 1.80. The smallest absolute Gasteiger partial charge is 0.479 e. The quantitative estimate of drug-likeness (QED) is 0.742. The molecular weight excluding hydrogens is 321 g/mol. The molecule has 0 heterocycles. The Hall–Kier alpha value is -2.29. The third-order valence-corrected chi connectivity index (χ3v) is 2.75. The first-order valence-electron chi connectivity index (χ1n) is 6.59. The third kappa shape index (κ3) is 6.15.